The quantitative estimate of drug-likeness (QED) is 0.0758. The van der Waals surface area contributed by atoms with Gasteiger partial charge in [-0.1, -0.05) is 26.6 Å². The summed E-state index contributed by atoms with van der Waals surface area (Å²) in [6.07, 6.45) is 0.823. The van der Waals surface area contributed by atoms with E-state index < -0.39 is 14.0 Å². The van der Waals surface area contributed by atoms with Crippen LogP contribution in [0.25, 0.3) is 11.0 Å². The highest BCUT2D eigenvalue weighted by Crippen LogP contribution is 2.34. The number of methoxy groups -OCH3 is 2. The molecule has 40 heavy (non-hydrogen) atoms. The van der Waals surface area contributed by atoms with E-state index in [2.05, 4.69) is 36.2 Å². The second-order valence-corrected chi connectivity index (χ2v) is 17.6. The average Bonchev–Trinajstić information content (AvgIpc) is 3.47. The summed E-state index contributed by atoms with van der Waals surface area (Å²) in [5.41, 5.74) is 3.14. The standard InChI is InChI=1S/C28H43N5O5SSi/c1-9-11-31-25-22(17-21(27(35)37-5)18-24(25)39-14-12-36-4)29-28(31)32(19-38-13-15-40(6,7)8)26(34)23-16-20(3)30-33(23)10-2/h16-18H,9-15,19H2,1-8H3. The molecule has 1 amide bonds. The summed E-state index contributed by atoms with van der Waals surface area (Å²) in [6, 6.07) is 6.34. The topological polar surface area (TPSA) is 101 Å². The Balaban J connectivity index is 2.18. The van der Waals surface area contributed by atoms with E-state index in [1.165, 1.54) is 7.11 Å². The van der Waals surface area contributed by atoms with Crippen LogP contribution in [0.3, 0.4) is 0 Å². The maximum absolute atomic E-state index is 14.1. The fourth-order valence-corrected chi connectivity index (χ4v) is 6.07. The van der Waals surface area contributed by atoms with E-state index in [1.807, 2.05) is 19.9 Å². The van der Waals surface area contributed by atoms with Crippen LogP contribution in [-0.2, 0) is 27.3 Å². The molecular formula is C28H43N5O5SSi. The van der Waals surface area contributed by atoms with Gasteiger partial charge in [0.1, 0.15) is 12.4 Å². The van der Waals surface area contributed by atoms with E-state index in [1.54, 1.807) is 40.6 Å². The molecule has 3 aromatic rings. The van der Waals surface area contributed by atoms with Crippen LogP contribution in [0, 0.1) is 6.92 Å². The van der Waals surface area contributed by atoms with E-state index in [0.717, 1.165) is 28.6 Å². The zero-order valence-electron chi connectivity index (χ0n) is 25.1. The van der Waals surface area contributed by atoms with Crippen LogP contribution >= 0.6 is 11.8 Å². The lowest BCUT2D eigenvalue weighted by atomic mass is 10.2. The summed E-state index contributed by atoms with van der Waals surface area (Å²) in [4.78, 5) is 34.1. The van der Waals surface area contributed by atoms with Gasteiger partial charge in [-0.15, -0.1) is 11.8 Å². The van der Waals surface area contributed by atoms with Crippen molar-refractivity contribution in [2.45, 2.75) is 70.9 Å². The number of hydrogen-bond donors (Lipinski definition) is 0. The van der Waals surface area contributed by atoms with Gasteiger partial charge >= 0.3 is 5.97 Å². The first-order valence-corrected chi connectivity index (χ1v) is 18.4. The third-order valence-electron chi connectivity index (χ3n) is 6.32. The number of esters is 1. The number of ether oxygens (including phenoxy) is 3. The van der Waals surface area contributed by atoms with E-state index in [0.29, 0.717) is 54.8 Å². The number of imidazole rings is 1. The number of amides is 1. The highest BCUT2D eigenvalue weighted by Gasteiger charge is 2.29. The molecule has 0 atom stereocenters. The molecule has 0 radical (unpaired) electrons. The minimum absolute atomic E-state index is 0.0559. The van der Waals surface area contributed by atoms with Crippen LogP contribution in [0.4, 0.5) is 5.95 Å². The number of thioether (sulfide) groups is 1. The van der Waals surface area contributed by atoms with Gasteiger partial charge in [-0.3, -0.25) is 14.4 Å². The number of hydrogen-bond acceptors (Lipinski definition) is 8. The Morgan fingerprint density at radius 3 is 2.48 bits per heavy atom. The molecule has 0 aliphatic rings. The third kappa shape index (κ3) is 7.74. The molecular weight excluding hydrogens is 546 g/mol. The summed E-state index contributed by atoms with van der Waals surface area (Å²) in [5, 5.41) is 4.49. The number of benzene rings is 1. The molecule has 0 aliphatic heterocycles. The lowest BCUT2D eigenvalue weighted by Crippen LogP contribution is -2.37. The Hall–Kier alpha value is -2.67. The van der Waals surface area contributed by atoms with Gasteiger partial charge in [0.05, 0.1) is 36.0 Å². The first kappa shape index (κ1) is 31.8. The molecule has 0 saturated carbocycles. The van der Waals surface area contributed by atoms with Gasteiger partial charge in [0, 0.05) is 45.5 Å². The molecule has 0 bridgehead atoms. The lowest BCUT2D eigenvalue weighted by molar-refractivity contribution is 0.0600. The minimum atomic E-state index is -1.33. The normalized spacial score (nSPS) is 11.8. The molecule has 2 aromatic heterocycles. The highest BCUT2D eigenvalue weighted by molar-refractivity contribution is 7.99. The van der Waals surface area contributed by atoms with Gasteiger partial charge in [0.2, 0.25) is 5.95 Å². The van der Waals surface area contributed by atoms with Gasteiger partial charge < -0.3 is 18.8 Å². The summed E-state index contributed by atoms with van der Waals surface area (Å²) in [6.45, 7) is 15.2. The van der Waals surface area contributed by atoms with Gasteiger partial charge in [-0.05, 0) is 44.5 Å². The van der Waals surface area contributed by atoms with Crippen molar-refractivity contribution in [3.8, 4) is 0 Å². The van der Waals surface area contributed by atoms with Crippen molar-refractivity contribution < 1.29 is 23.8 Å². The molecule has 3 rings (SSSR count). The van der Waals surface area contributed by atoms with E-state index >= 15 is 0 Å². The molecule has 0 saturated heterocycles. The number of aromatic nitrogens is 4. The number of anilines is 1. The van der Waals surface area contributed by atoms with Crippen LogP contribution in [-0.4, -0.2) is 79.2 Å². The smallest absolute Gasteiger partial charge is 0.337 e. The van der Waals surface area contributed by atoms with Gasteiger partial charge in [0.15, 0.2) is 0 Å². The number of aryl methyl sites for hydroxylation is 3. The van der Waals surface area contributed by atoms with Gasteiger partial charge in [0.25, 0.3) is 5.91 Å². The number of fused-ring (bicyclic) bond motifs is 1. The van der Waals surface area contributed by atoms with Crippen molar-refractivity contribution in [2.24, 2.45) is 0 Å². The molecule has 0 N–H and O–H groups in total. The Morgan fingerprint density at radius 1 is 1.10 bits per heavy atom. The molecule has 2 heterocycles. The van der Waals surface area contributed by atoms with Crippen molar-refractivity contribution in [1.82, 2.24) is 19.3 Å². The first-order chi connectivity index (χ1) is 19.0. The number of rotatable bonds is 15. The van der Waals surface area contributed by atoms with Crippen molar-refractivity contribution in [2.75, 3.05) is 44.8 Å². The maximum atomic E-state index is 14.1. The van der Waals surface area contributed by atoms with Gasteiger partial charge in [-0.2, -0.15) is 5.10 Å². The molecule has 220 valence electrons. The molecule has 0 spiro atoms. The van der Waals surface area contributed by atoms with Crippen molar-refractivity contribution in [3.05, 3.63) is 35.2 Å². The number of nitrogens with zero attached hydrogens (tertiary/aromatic N) is 5. The molecule has 0 fully saturated rings. The van der Waals surface area contributed by atoms with Crippen molar-refractivity contribution in [1.29, 1.82) is 0 Å². The largest absolute Gasteiger partial charge is 0.465 e. The monoisotopic (exact) mass is 589 g/mol. The van der Waals surface area contributed by atoms with E-state index in [9.17, 15) is 9.59 Å². The molecule has 1 aromatic carbocycles. The first-order valence-electron chi connectivity index (χ1n) is 13.7. The van der Waals surface area contributed by atoms with Crippen LogP contribution in [0.2, 0.25) is 25.7 Å². The summed E-state index contributed by atoms with van der Waals surface area (Å²) in [7, 11) is 1.70. The van der Waals surface area contributed by atoms with Crippen LogP contribution in [0.15, 0.2) is 23.1 Å². The fourth-order valence-electron chi connectivity index (χ4n) is 4.28. The number of carbonyl (C=O) groups excluding carboxylic acids is 2. The predicted octanol–water partition coefficient (Wildman–Crippen LogP) is 5.46. The zero-order valence-corrected chi connectivity index (χ0v) is 26.9. The van der Waals surface area contributed by atoms with Gasteiger partial charge in [-0.25, -0.2) is 9.78 Å². The van der Waals surface area contributed by atoms with Crippen LogP contribution in [0.1, 0.15) is 46.8 Å². The molecule has 0 unspecified atom stereocenters. The summed E-state index contributed by atoms with van der Waals surface area (Å²) < 4.78 is 20.2. The predicted molar refractivity (Wildman–Crippen MR) is 162 cm³/mol. The molecule has 10 nitrogen and oxygen atoms in total. The molecule has 0 aliphatic carbocycles. The van der Waals surface area contributed by atoms with Crippen molar-refractivity contribution >= 4 is 48.7 Å². The Morgan fingerprint density at radius 2 is 1.85 bits per heavy atom. The van der Waals surface area contributed by atoms with Crippen LogP contribution in [0.5, 0.6) is 0 Å². The van der Waals surface area contributed by atoms with Crippen LogP contribution < -0.4 is 4.90 Å². The second kappa shape index (κ2) is 14.3. The third-order valence-corrected chi connectivity index (χ3v) is 9.02. The zero-order chi connectivity index (χ0) is 29.4. The molecule has 12 heteroatoms. The minimum Gasteiger partial charge on any atom is -0.465 e. The van der Waals surface area contributed by atoms with E-state index in [-0.39, 0.29) is 12.6 Å². The Bertz CT molecular complexity index is 1320. The summed E-state index contributed by atoms with van der Waals surface area (Å²) in [5.74, 6) is 0.504. The lowest BCUT2D eigenvalue weighted by Gasteiger charge is -2.24. The maximum Gasteiger partial charge on any atom is 0.337 e. The SMILES string of the molecule is CCCn1c(N(COCC[Si](C)(C)C)C(=O)c2cc(C)nn2CC)nc2cc(C(=O)OC)cc(SCCOC)c21. The average molecular weight is 590 g/mol. The Labute approximate surface area is 242 Å². The van der Waals surface area contributed by atoms with Crippen molar-refractivity contribution in [3.63, 3.8) is 0 Å². The summed E-state index contributed by atoms with van der Waals surface area (Å²) >= 11 is 1.58. The number of carbonyl (C=O) groups is 2. The highest BCUT2D eigenvalue weighted by atomic mass is 32.2. The van der Waals surface area contributed by atoms with E-state index in [4.69, 9.17) is 19.2 Å². The fraction of sp³-hybridized carbons (Fsp3) is 0.571. The Kier molecular flexibility index (Phi) is 11.4. The second-order valence-electron chi connectivity index (χ2n) is 10.8.